The van der Waals surface area contributed by atoms with Gasteiger partial charge < -0.3 is 0 Å². The van der Waals surface area contributed by atoms with Gasteiger partial charge in [-0.2, -0.15) is 0 Å². The van der Waals surface area contributed by atoms with Crippen LogP contribution >= 0.6 is 11.3 Å². The highest BCUT2D eigenvalue weighted by Gasteiger charge is 2.15. The van der Waals surface area contributed by atoms with Crippen molar-refractivity contribution in [3.63, 3.8) is 0 Å². The third-order valence-electron chi connectivity index (χ3n) is 2.72. The van der Waals surface area contributed by atoms with Crippen LogP contribution < -0.4 is 0 Å². The Bertz CT molecular complexity index is 734. The first-order valence-electron chi connectivity index (χ1n) is 5.53. The van der Waals surface area contributed by atoms with Gasteiger partial charge in [0.05, 0.1) is 17.7 Å². The van der Waals surface area contributed by atoms with Crippen LogP contribution in [0.4, 0.5) is 8.78 Å². The highest BCUT2D eigenvalue weighted by molar-refractivity contribution is 7.15. The number of hydrogen-bond acceptors (Lipinski definition) is 3. The summed E-state index contributed by atoms with van der Waals surface area (Å²) in [6, 6.07) is 2.94. The Labute approximate surface area is 111 Å². The molecule has 3 rings (SSSR count). The molecule has 0 radical (unpaired) electrons. The Balaban J connectivity index is 1.86. The lowest BCUT2D eigenvalue weighted by Gasteiger charge is -2.00. The summed E-state index contributed by atoms with van der Waals surface area (Å²) in [5, 5.41) is 1.88. The number of carbonyl (C=O) groups is 1. The topological polar surface area (TPSA) is 34.4 Å². The summed E-state index contributed by atoms with van der Waals surface area (Å²) < 4.78 is 28.0. The van der Waals surface area contributed by atoms with E-state index < -0.39 is 17.4 Å². The van der Waals surface area contributed by atoms with Crippen LogP contribution in [0.1, 0.15) is 16.1 Å². The first-order chi connectivity index (χ1) is 9.13. The molecule has 0 fully saturated rings. The molecule has 3 aromatic rings. The smallest absolute Gasteiger partial charge is 0.193 e. The summed E-state index contributed by atoms with van der Waals surface area (Å²) in [5.41, 5.74) is 0.457. The van der Waals surface area contributed by atoms with Gasteiger partial charge in [0.2, 0.25) is 0 Å². The number of ketones is 1. The zero-order valence-electron chi connectivity index (χ0n) is 9.64. The third-order valence-corrected chi connectivity index (χ3v) is 3.49. The zero-order valence-corrected chi connectivity index (χ0v) is 10.5. The molecule has 0 unspecified atom stereocenters. The number of fused-ring (bicyclic) bond motifs is 1. The van der Waals surface area contributed by atoms with Gasteiger partial charge in [-0.25, -0.2) is 13.8 Å². The van der Waals surface area contributed by atoms with E-state index in [0.29, 0.717) is 11.8 Å². The molecule has 0 aliphatic heterocycles. The second kappa shape index (κ2) is 4.55. The van der Waals surface area contributed by atoms with Crippen LogP contribution in [-0.4, -0.2) is 15.2 Å². The van der Waals surface area contributed by atoms with Crippen LogP contribution in [0.3, 0.4) is 0 Å². The molecule has 0 aliphatic carbocycles. The van der Waals surface area contributed by atoms with E-state index in [-0.39, 0.29) is 12.0 Å². The summed E-state index contributed by atoms with van der Waals surface area (Å²) in [5.74, 6) is -1.95. The maximum absolute atomic E-state index is 13.5. The molecular weight excluding hydrogens is 270 g/mol. The molecule has 6 heteroatoms. The second-order valence-corrected chi connectivity index (χ2v) is 4.92. The largest absolute Gasteiger partial charge is 0.297 e. The number of aromatic nitrogens is 2. The van der Waals surface area contributed by atoms with Crippen molar-refractivity contribution >= 4 is 22.1 Å². The fraction of sp³-hybridized carbons (Fsp3) is 0.0769. The monoisotopic (exact) mass is 278 g/mol. The molecule has 0 atom stereocenters. The summed E-state index contributed by atoms with van der Waals surface area (Å²) in [4.78, 5) is 17.0. The number of imidazole rings is 1. The quantitative estimate of drug-likeness (QED) is 0.690. The number of Topliss-reactive ketones (excluding diaryl/α,β-unsaturated/α-hetero) is 1. The van der Waals surface area contributed by atoms with Crippen molar-refractivity contribution < 1.29 is 13.6 Å². The molecular formula is C13H8F2N2OS. The molecule has 0 spiro atoms. The van der Waals surface area contributed by atoms with Crippen LogP contribution in [0.5, 0.6) is 0 Å². The van der Waals surface area contributed by atoms with Crippen LogP contribution in [0.25, 0.3) is 4.96 Å². The van der Waals surface area contributed by atoms with E-state index in [1.807, 2.05) is 11.6 Å². The predicted octanol–water partition coefficient (Wildman–Crippen LogP) is 3.10. The highest BCUT2D eigenvalue weighted by Crippen LogP contribution is 2.15. The Morgan fingerprint density at radius 3 is 2.95 bits per heavy atom. The molecule has 0 bridgehead atoms. The minimum atomic E-state index is -0.842. The lowest BCUT2D eigenvalue weighted by atomic mass is 10.1. The molecule has 1 aromatic carbocycles. The minimum absolute atomic E-state index is 0.00302. The average Bonchev–Trinajstić information content (AvgIpc) is 2.89. The maximum atomic E-state index is 13.5. The maximum Gasteiger partial charge on any atom is 0.193 e. The number of halogens is 2. The van der Waals surface area contributed by atoms with Gasteiger partial charge in [0, 0.05) is 23.8 Å². The highest BCUT2D eigenvalue weighted by atomic mass is 32.1. The summed E-state index contributed by atoms with van der Waals surface area (Å²) in [6.07, 6.45) is 3.56. The number of carbonyl (C=O) groups excluding carboxylic acids is 1. The molecule has 3 nitrogen and oxygen atoms in total. The van der Waals surface area contributed by atoms with Crippen LogP contribution in [0.2, 0.25) is 0 Å². The Hall–Kier alpha value is -2.08. The molecule has 0 saturated carbocycles. The van der Waals surface area contributed by atoms with E-state index in [1.54, 1.807) is 10.6 Å². The number of rotatable bonds is 3. The standard InChI is InChI=1S/C13H8F2N2OS/c14-8-1-2-10(11(15)5-8)12(18)6-9-7-17-3-4-19-13(17)16-9/h1-5,7H,6H2. The molecule has 2 aromatic heterocycles. The van der Waals surface area contributed by atoms with E-state index in [9.17, 15) is 13.6 Å². The zero-order chi connectivity index (χ0) is 13.4. The van der Waals surface area contributed by atoms with E-state index in [1.165, 1.54) is 11.3 Å². The number of nitrogens with zero attached hydrogens (tertiary/aromatic N) is 2. The van der Waals surface area contributed by atoms with Crippen LogP contribution in [0.15, 0.2) is 36.0 Å². The fourth-order valence-electron chi connectivity index (χ4n) is 1.84. The number of thiazole rings is 1. The van der Waals surface area contributed by atoms with Gasteiger partial charge in [-0.05, 0) is 12.1 Å². The summed E-state index contributed by atoms with van der Waals surface area (Å²) >= 11 is 1.45. The van der Waals surface area contributed by atoms with Gasteiger partial charge in [0.1, 0.15) is 11.6 Å². The minimum Gasteiger partial charge on any atom is -0.297 e. The van der Waals surface area contributed by atoms with Crippen molar-refractivity contribution in [3.05, 3.63) is 58.9 Å². The van der Waals surface area contributed by atoms with Crippen molar-refractivity contribution in [1.82, 2.24) is 9.38 Å². The average molecular weight is 278 g/mol. The Morgan fingerprint density at radius 1 is 1.37 bits per heavy atom. The van der Waals surface area contributed by atoms with Crippen LogP contribution in [0, 0.1) is 11.6 Å². The lowest BCUT2D eigenvalue weighted by molar-refractivity contribution is 0.0988. The molecule has 2 heterocycles. The normalized spacial score (nSPS) is 11.1. The second-order valence-electron chi connectivity index (χ2n) is 4.05. The fourth-order valence-corrected chi connectivity index (χ4v) is 2.56. The van der Waals surface area contributed by atoms with Crippen LogP contribution in [-0.2, 0) is 6.42 Å². The van der Waals surface area contributed by atoms with Gasteiger partial charge in [0.15, 0.2) is 10.7 Å². The van der Waals surface area contributed by atoms with E-state index in [4.69, 9.17) is 0 Å². The first kappa shape index (κ1) is 12.0. The van der Waals surface area contributed by atoms with Crippen molar-refractivity contribution in [2.45, 2.75) is 6.42 Å². The molecule has 19 heavy (non-hydrogen) atoms. The number of benzene rings is 1. The predicted molar refractivity (Wildman–Crippen MR) is 67.5 cm³/mol. The molecule has 0 aliphatic rings. The van der Waals surface area contributed by atoms with Gasteiger partial charge in [-0.1, -0.05) is 0 Å². The Kier molecular flexibility index (Phi) is 2.87. The van der Waals surface area contributed by atoms with E-state index >= 15 is 0 Å². The van der Waals surface area contributed by atoms with Crippen molar-refractivity contribution in [1.29, 1.82) is 0 Å². The van der Waals surface area contributed by atoms with Gasteiger partial charge in [0.25, 0.3) is 0 Å². The Morgan fingerprint density at radius 2 is 2.21 bits per heavy atom. The van der Waals surface area contributed by atoms with E-state index in [0.717, 1.165) is 17.1 Å². The van der Waals surface area contributed by atoms with Crippen molar-refractivity contribution in [2.75, 3.05) is 0 Å². The molecule has 96 valence electrons. The van der Waals surface area contributed by atoms with Crippen molar-refractivity contribution in [3.8, 4) is 0 Å². The molecule has 0 saturated heterocycles. The van der Waals surface area contributed by atoms with Gasteiger partial charge in [-0.15, -0.1) is 11.3 Å². The van der Waals surface area contributed by atoms with Crippen molar-refractivity contribution in [2.24, 2.45) is 0 Å². The van der Waals surface area contributed by atoms with Gasteiger partial charge >= 0.3 is 0 Å². The summed E-state index contributed by atoms with van der Waals surface area (Å²) in [7, 11) is 0. The summed E-state index contributed by atoms with van der Waals surface area (Å²) in [6.45, 7) is 0. The lowest BCUT2D eigenvalue weighted by Crippen LogP contribution is -2.06. The SMILES string of the molecule is O=C(Cc1cn2ccsc2n1)c1ccc(F)cc1F. The van der Waals surface area contributed by atoms with Gasteiger partial charge in [-0.3, -0.25) is 9.20 Å². The first-order valence-corrected chi connectivity index (χ1v) is 6.41. The third kappa shape index (κ3) is 2.26. The molecule has 0 amide bonds. The van der Waals surface area contributed by atoms with E-state index in [2.05, 4.69) is 4.98 Å². The molecule has 0 N–H and O–H groups in total. The number of hydrogen-bond donors (Lipinski definition) is 0.